The van der Waals surface area contributed by atoms with Gasteiger partial charge in [0.05, 0.1) is 11.8 Å². The van der Waals surface area contributed by atoms with Crippen LogP contribution >= 0.6 is 0 Å². The molecule has 1 aliphatic carbocycles. The Labute approximate surface area is 115 Å². The third-order valence-corrected chi connectivity index (χ3v) is 4.55. The van der Waals surface area contributed by atoms with Crippen molar-refractivity contribution in [1.29, 1.82) is 0 Å². The molecule has 0 aromatic carbocycles. The zero-order valence-electron chi connectivity index (χ0n) is 11.2. The summed E-state index contributed by atoms with van der Waals surface area (Å²) in [7, 11) is 2.07. The van der Waals surface area contributed by atoms with Gasteiger partial charge in [-0.2, -0.15) is 13.2 Å². The van der Waals surface area contributed by atoms with E-state index >= 15 is 0 Å². The summed E-state index contributed by atoms with van der Waals surface area (Å²) in [5, 5.41) is 0. The molecule has 2 heterocycles. The van der Waals surface area contributed by atoms with Crippen molar-refractivity contribution in [1.82, 2.24) is 9.88 Å². The summed E-state index contributed by atoms with van der Waals surface area (Å²) >= 11 is 0. The van der Waals surface area contributed by atoms with Crippen LogP contribution in [0.3, 0.4) is 0 Å². The first kappa shape index (κ1) is 13.7. The molecule has 0 unspecified atom stereocenters. The second-order valence-corrected chi connectivity index (χ2v) is 5.68. The third kappa shape index (κ3) is 2.49. The molecule has 1 aromatic rings. The molecule has 110 valence electrons. The van der Waals surface area contributed by atoms with Gasteiger partial charge in [-0.15, -0.1) is 0 Å². The molecule has 0 amide bonds. The third-order valence-electron chi connectivity index (χ3n) is 4.55. The number of likely N-dealkylation sites (tertiary alicyclic amines) is 1. The van der Waals surface area contributed by atoms with Crippen molar-refractivity contribution in [3.63, 3.8) is 0 Å². The van der Waals surface area contributed by atoms with E-state index < -0.39 is 11.7 Å². The Morgan fingerprint density at radius 3 is 2.80 bits per heavy atom. The minimum Gasteiger partial charge on any atom is -0.490 e. The Balaban J connectivity index is 1.64. The van der Waals surface area contributed by atoms with Gasteiger partial charge >= 0.3 is 6.18 Å². The van der Waals surface area contributed by atoms with Crippen molar-refractivity contribution in [2.45, 2.75) is 37.5 Å². The first-order valence-electron chi connectivity index (χ1n) is 6.82. The van der Waals surface area contributed by atoms with E-state index in [1.807, 2.05) is 0 Å². The molecule has 0 N–H and O–H groups in total. The number of alkyl halides is 3. The number of pyridine rings is 1. The Morgan fingerprint density at radius 1 is 1.35 bits per heavy atom. The number of hydrogen-bond acceptors (Lipinski definition) is 3. The van der Waals surface area contributed by atoms with E-state index in [0.29, 0.717) is 24.6 Å². The summed E-state index contributed by atoms with van der Waals surface area (Å²) in [6, 6.07) is 1.94. The van der Waals surface area contributed by atoms with Gasteiger partial charge in [0.15, 0.2) is 0 Å². The van der Waals surface area contributed by atoms with Crippen LogP contribution in [0.2, 0.25) is 0 Å². The molecule has 3 nitrogen and oxygen atoms in total. The van der Waals surface area contributed by atoms with Crippen LogP contribution < -0.4 is 4.74 Å². The summed E-state index contributed by atoms with van der Waals surface area (Å²) < 4.78 is 43.3. The number of rotatable bonds is 3. The lowest BCUT2D eigenvalue weighted by Crippen LogP contribution is -2.41. The van der Waals surface area contributed by atoms with Crippen LogP contribution in [0.15, 0.2) is 18.5 Å². The van der Waals surface area contributed by atoms with E-state index in [-0.39, 0.29) is 5.75 Å². The first-order valence-corrected chi connectivity index (χ1v) is 6.82. The average molecular weight is 286 g/mol. The fraction of sp³-hybridized carbons (Fsp3) is 0.643. The summed E-state index contributed by atoms with van der Waals surface area (Å²) in [4.78, 5) is 5.91. The maximum absolute atomic E-state index is 12.6. The number of piperidine rings is 1. The lowest BCUT2D eigenvalue weighted by molar-refractivity contribution is -0.138. The number of ether oxygens (including phenoxy) is 1. The van der Waals surface area contributed by atoms with Gasteiger partial charge in [-0.05, 0) is 38.3 Å². The molecule has 0 radical (unpaired) electrons. The highest BCUT2D eigenvalue weighted by Crippen LogP contribution is 2.41. The van der Waals surface area contributed by atoms with Crippen molar-refractivity contribution in [3.8, 4) is 5.75 Å². The predicted molar refractivity (Wildman–Crippen MR) is 67.4 cm³/mol. The van der Waals surface area contributed by atoms with Gasteiger partial charge in [-0.3, -0.25) is 9.88 Å². The van der Waals surface area contributed by atoms with Gasteiger partial charge in [0, 0.05) is 18.3 Å². The highest BCUT2D eigenvalue weighted by molar-refractivity contribution is 5.25. The van der Waals surface area contributed by atoms with Crippen LogP contribution in [-0.4, -0.2) is 35.6 Å². The fourth-order valence-corrected chi connectivity index (χ4v) is 3.40. The van der Waals surface area contributed by atoms with E-state index in [0.717, 1.165) is 12.3 Å². The summed E-state index contributed by atoms with van der Waals surface area (Å²) in [6.07, 6.45) is 1.38. The van der Waals surface area contributed by atoms with Crippen molar-refractivity contribution in [2.24, 2.45) is 5.92 Å². The average Bonchev–Trinajstić information content (AvgIpc) is 2.97. The van der Waals surface area contributed by atoms with Crippen molar-refractivity contribution < 1.29 is 17.9 Å². The number of halogens is 3. The topological polar surface area (TPSA) is 25.4 Å². The Kier molecular flexibility index (Phi) is 3.36. The van der Waals surface area contributed by atoms with Gasteiger partial charge < -0.3 is 4.74 Å². The zero-order chi connectivity index (χ0) is 14.3. The number of hydrogen-bond donors (Lipinski definition) is 0. The Bertz CT molecular complexity index is 490. The second kappa shape index (κ2) is 4.91. The lowest BCUT2D eigenvalue weighted by atomic mass is 10.00. The molecular weight excluding hydrogens is 269 g/mol. The molecule has 1 saturated carbocycles. The Morgan fingerprint density at radius 2 is 2.15 bits per heavy atom. The minimum atomic E-state index is -4.38. The number of likely N-dealkylation sites (N-methyl/N-ethyl adjacent to an activating group) is 1. The Hall–Kier alpha value is -1.30. The van der Waals surface area contributed by atoms with Crippen LogP contribution in [0, 0.1) is 5.92 Å². The molecule has 2 aliphatic rings. The molecular formula is C14H17F3N2O. The van der Waals surface area contributed by atoms with Gasteiger partial charge in [-0.1, -0.05) is 0 Å². The van der Waals surface area contributed by atoms with E-state index in [1.54, 1.807) is 0 Å². The van der Waals surface area contributed by atoms with Gasteiger partial charge in [0.25, 0.3) is 0 Å². The number of nitrogens with zero attached hydrogens (tertiary/aromatic N) is 2. The van der Waals surface area contributed by atoms with Crippen molar-refractivity contribution in [2.75, 3.05) is 13.7 Å². The quantitative estimate of drug-likeness (QED) is 0.854. The fourth-order valence-electron chi connectivity index (χ4n) is 3.40. The maximum atomic E-state index is 12.6. The smallest absolute Gasteiger partial charge is 0.418 e. The van der Waals surface area contributed by atoms with E-state index in [1.165, 1.54) is 25.5 Å². The van der Waals surface area contributed by atoms with Crippen LogP contribution in [0.25, 0.3) is 0 Å². The van der Waals surface area contributed by atoms with Gasteiger partial charge in [0.1, 0.15) is 12.4 Å². The van der Waals surface area contributed by atoms with E-state index in [2.05, 4.69) is 16.9 Å². The van der Waals surface area contributed by atoms with E-state index in [9.17, 15) is 13.2 Å². The van der Waals surface area contributed by atoms with Crippen LogP contribution in [0.5, 0.6) is 5.75 Å². The molecule has 6 heteroatoms. The summed E-state index contributed by atoms with van der Waals surface area (Å²) in [5.41, 5.74) is -0.767. The molecule has 1 saturated heterocycles. The number of fused-ring (bicyclic) bond motifs is 2. The molecule has 1 aliphatic heterocycles. The van der Waals surface area contributed by atoms with Crippen LogP contribution in [0.1, 0.15) is 24.8 Å². The van der Waals surface area contributed by atoms with Gasteiger partial charge in [-0.25, -0.2) is 0 Å². The van der Waals surface area contributed by atoms with Gasteiger partial charge in [0.2, 0.25) is 0 Å². The first-order chi connectivity index (χ1) is 9.45. The van der Waals surface area contributed by atoms with Crippen molar-refractivity contribution in [3.05, 3.63) is 24.0 Å². The van der Waals surface area contributed by atoms with Crippen molar-refractivity contribution >= 4 is 0 Å². The molecule has 3 rings (SSSR count). The molecule has 1 aromatic heterocycles. The highest BCUT2D eigenvalue weighted by atomic mass is 19.4. The van der Waals surface area contributed by atoms with Crippen LogP contribution in [0.4, 0.5) is 13.2 Å². The zero-order valence-corrected chi connectivity index (χ0v) is 11.2. The number of aromatic nitrogens is 1. The predicted octanol–water partition coefficient (Wildman–Crippen LogP) is 2.96. The van der Waals surface area contributed by atoms with Crippen LogP contribution in [-0.2, 0) is 6.18 Å². The molecule has 3 atom stereocenters. The summed E-state index contributed by atoms with van der Waals surface area (Å²) in [6.45, 7) is 0.431. The largest absolute Gasteiger partial charge is 0.490 e. The molecule has 2 bridgehead atoms. The summed E-state index contributed by atoms with van der Waals surface area (Å²) in [5.74, 6) is 0.805. The SMILES string of the molecule is CN1[C@H]2CC[C@H](C2)[C@H]1COc1cncc(C(F)(F)F)c1. The highest BCUT2D eigenvalue weighted by Gasteiger charge is 2.44. The monoisotopic (exact) mass is 286 g/mol. The molecule has 0 spiro atoms. The lowest BCUT2D eigenvalue weighted by Gasteiger charge is -2.31. The molecule has 2 fully saturated rings. The maximum Gasteiger partial charge on any atom is 0.418 e. The standard InChI is InChI=1S/C14H17F3N2O/c1-19-11-3-2-9(4-11)13(19)8-20-12-5-10(6-18-7-12)14(15,16)17/h5-7,9,11,13H,2-4,8H2,1H3/t9-,11+,13-/m1/s1. The normalized spacial score (nSPS) is 29.9. The molecule has 20 heavy (non-hydrogen) atoms. The second-order valence-electron chi connectivity index (χ2n) is 5.68. The van der Waals surface area contributed by atoms with E-state index in [4.69, 9.17) is 4.74 Å². The minimum absolute atomic E-state index is 0.191.